The summed E-state index contributed by atoms with van der Waals surface area (Å²) in [6.07, 6.45) is 0. The van der Waals surface area contributed by atoms with Gasteiger partial charge in [0.1, 0.15) is 5.69 Å². The number of aryl methyl sites for hydroxylation is 1. The van der Waals surface area contributed by atoms with E-state index >= 15 is 0 Å². The first-order chi connectivity index (χ1) is 15.8. The van der Waals surface area contributed by atoms with E-state index in [2.05, 4.69) is 4.98 Å². The van der Waals surface area contributed by atoms with Gasteiger partial charge in [-0.3, -0.25) is 9.36 Å². The summed E-state index contributed by atoms with van der Waals surface area (Å²) in [5.41, 5.74) is 2.03. The molecule has 1 aliphatic rings. The van der Waals surface area contributed by atoms with Gasteiger partial charge in [-0.05, 0) is 43.3 Å². The predicted octanol–water partition coefficient (Wildman–Crippen LogP) is 2.90. The van der Waals surface area contributed by atoms with Crippen LogP contribution in [0.1, 0.15) is 17.4 Å². The Bertz CT molecular complexity index is 1540. The van der Waals surface area contributed by atoms with Crippen LogP contribution in [-0.4, -0.2) is 59.3 Å². The molecule has 0 bridgehead atoms. The molecule has 4 aromatic rings. The number of aromatic nitrogens is 2. The van der Waals surface area contributed by atoms with Crippen molar-refractivity contribution in [3.8, 4) is 0 Å². The van der Waals surface area contributed by atoms with Gasteiger partial charge in [0, 0.05) is 54.7 Å². The van der Waals surface area contributed by atoms with Crippen LogP contribution in [0.5, 0.6) is 0 Å². The lowest BCUT2D eigenvalue weighted by Crippen LogP contribution is -2.50. The molecule has 2 aromatic heterocycles. The Morgan fingerprint density at radius 1 is 1.09 bits per heavy atom. The van der Waals surface area contributed by atoms with E-state index in [1.807, 2.05) is 13.0 Å². The second-order valence-electron chi connectivity index (χ2n) is 7.85. The van der Waals surface area contributed by atoms with Gasteiger partial charge in [-0.25, -0.2) is 13.2 Å². The van der Waals surface area contributed by atoms with E-state index < -0.39 is 15.8 Å². The average Bonchev–Trinajstić information content (AvgIpc) is 3.37. The van der Waals surface area contributed by atoms with E-state index in [1.165, 1.54) is 21.0 Å². The van der Waals surface area contributed by atoms with Crippen LogP contribution in [0.25, 0.3) is 22.0 Å². The lowest BCUT2D eigenvalue weighted by Gasteiger charge is -2.33. The number of nitrogens with zero attached hydrogens (tertiary/aromatic N) is 3. The Labute approximate surface area is 194 Å². The highest BCUT2D eigenvalue weighted by Crippen LogP contribution is 2.24. The van der Waals surface area contributed by atoms with Crippen molar-refractivity contribution < 1.29 is 17.6 Å². The molecule has 1 N–H and O–H groups in total. The first kappa shape index (κ1) is 21.7. The molecule has 0 atom stereocenters. The fourth-order valence-corrected chi connectivity index (χ4v) is 5.79. The molecule has 1 aliphatic heterocycles. The van der Waals surface area contributed by atoms with Crippen molar-refractivity contribution in [2.45, 2.75) is 18.4 Å². The second kappa shape index (κ2) is 8.05. The molecule has 0 spiro atoms. The number of carbonyl (C=O) groups excluding carboxylic acids is 1. The SMILES string of the molecule is CCn1c(=O)oc2cc(S(=O)(=O)N3CCN(C(=O)c4cc5cc(Cl)ccc5[nH]4)CC3)ccc21. The number of hydrogen-bond acceptors (Lipinski definition) is 5. The largest absolute Gasteiger partial charge is 0.419 e. The van der Waals surface area contributed by atoms with E-state index in [0.29, 0.717) is 22.8 Å². The zero-order valence-corrected chi connectivity index (χ0v) is 19.3. The second-order valence-corrected chi connectivity index (χ2v) is 10.2. The molecule has 0 unspecified atom stereocenters. The number of fused-ring (bicyclic) bond motifs is 2. The average molecular weight is 489 g/mol. The minimum Gasteiger partial charge on any atom is -0.408 e. The highest BCUT2D eigenvalue weighted by atomic mass is 35.5. The number of sulfonamides is 1. The van der Waals surface area contributed by atoms with Crippen LogP contribution in [0.4, 0.5) is 0 Å². The summed E-state index contributed by atoms with van der Waals surface area (Å²) < 4.78 is 34.3. The Kier molecular flexibility index (Phi) is 5.31. The lowest BCUT2D eigenvalue weighted by atomic mass is 10.2. The maximum atomic E-state index is 13.2. The number of oxazole rings is 1. The molecule has 5 rings (SSSR count). The van der Waals surface area contributed by atoms with Crippen LogP contribution >= 0.6 is 11.6 Å². The van der Waals surface area contributed by atoms with Gasteiger partial charge >= 0.3 is 5.76 Å². The fourth-order valence-electron chi connectivity index (χ4n) is 4.18. The minimum atomic E-state index is -3.80. The molecule has 172 valence electrons. The maximum Gasteiger partial charge on any atom is 0.419 e. The molecule has 0 aliphatic carbocycles. The van der Waals surface area contributed by atoms with Crippen molar-refractivity contribution >= 4 is 49.5 Å². The Hall–Kier alpha value is -3.08. The Balaban J connectivity index is 1.33. The molecule has 2 aromatic carbocycles. The first-order valence-corrected chi connectivity index (χ1v) is 12.3. The van der Waals surface area contributed by atoms with E-state index in [-0.39, 0.29) is 42.6 Å². The van der Waals surface area contributed by atoms with Crippen molar-refractivity contribution in [1.82, 2.24) is 18.8 Å². The molecule has 0 radical (unpaired) electrons. The number of hydrogen-bond donors (Lipinski definition) is 1. The van der Waals surface area contributed by atoms with Crippen molar-refractivity contribution in [3.63, 3.8) is 0 Å². The van der Waals surface area contributed by atoms with Crippen LogP contribution in [0.2, 0.25) is 5.02 Å². The number of nitrogens with one attached hydrogen (secondary N) is 1. The summed E-state index contributed by atoms with van der Waals surface area (Å²) in [5.74, 6) is -0.711. The summed E-state index contributed by atoms with van der Waals surface area (Å²) >= 11 is 6.02. The highest BCUT2D eigenvalue weighted by molar-refractivity contribution is 7.89. The van der Waals surface area contributed by atoms with Crippen molar-refractivity contribution in [3.05, 3.63) is 63.7 Å². The van der Waals surface area contributed by atoms with Gasteiger partial charge < -0.3 is 14.3 Å². The van der Waals surface area contributed by atoms with Gasteiger partial charge in [0.15, 0.2) is 5.58 Å². The Morgan fingerprint density at radius 3 is 2.58 bits per heavy atom. The van der Waals surface area contributed by atoms with Gasteiger partial charge in [-0.2, -0.15) is 4.31 Å². The normalized spacial score (nSPS) is 15.5. The number of rotatable bonds is 4. The zero-order chi connectivity index (χ0) is 23.3. The first-order valence-electron chi connectivity index (χ1n) is 10.5. The molecule has 1 saturated heterocycles. The number of carbonyl (C=O) groups is 1. The number of H-pyrrole nitrogens is 1. The molecule has 1 fully saturated rings. The molecule has 33 heavy (non-hydrogen) atoms. The van der Waals surface area contributed by atoms with Crippen molar-refractivity contribution in [1.29, 1.82) is 0 Å². The van der Waals surface area contributed by atoms with E-state index in [0.717, 1.165) is 10.9 Å². The predicted molar refractivity (Wildman–Crippen MR) is 124 cm³/mol. The third-order valence-corrected chi connectivity index (χ3v) is 8.06. The third-order valence-electron chi connectivity index (χ3n) is 5.93. The minimum absolute atomic E-state index is 0.0549. The summed E-state index contributed by atoms with van der Waals surface area (Å²) in [7, 11) is -3.80. The summed E-state index contributed by atoms with van der Waals surface area (Å²) in [5, 5.41) is 1.43. The van der Waals surface area contributed by atoms with Gasteiger partial charge in [0.25, 0.3) is 5.91 Å². The van der Waals surface area contributed by atoms with Gasteiger partial charge in [0.2, 0.25) is 10.0 Å². The van der Waals surface area contributed by atoms with Crippen LogP contribution in [-0.2, 0) is 16.6 Å². The van der Waals surface area contributed by atoms with Crippen molar-refractivity contribution in [2.24, 2.45) is 0 Å². The molecule has 0 saturated carbocycles. The van der Waals surface area contributed by atoms with Gasteiger partial charge in [0.05, 0.1) is 10.4 Å². The molecular weight excluding hydrogens is 468 g/mol. The summed E-state index contributed by atoms with van der Waals surface area (Å²) in [4.78, 5) is 29.6. The number of amides is 1. The van der Waals surface area contributed by atoms with Gasteiger partial charge in [-0.1, -0.05) is 11.6 Å². The number of piperazine rings is 1. The standard InChI is InChI=1S/C22H21ClN4O5S/c1-2-27-19-6-4-16(13-20(19)32-22(27)29)33(30,31)26-9-7-25(8-10-26)21(28)18-12-14-11-15(23)3-5-17(14)24-18/h3-6,11-13,24H,2,7-10H2,1H3. The Morgan fingerprint density at radius 2 is 1.85 bits per heavy atom. The topological polar surface area (TPSA) is 109 Å². The molecule has 1 amide bonds. The van der Waals surface area contributed by atoms with Crippen molar-refractivity contribution in [2.75, 3.05) is 26.2 Å². The monoisotopic (exact) mass is 488 g/mol. The maximum absolute atomic E-state index is 13.2. The zero-order valence-electron chi connectivity index (χ0n) is 17.7. The number of benzene rings is 2. The van der Waals surface area contributed by atoms with Crippen LogP contribution in [0.3, 0.4) is 0 Å². The number of aromatic amines is 1. The van der Waals surface area contributed by atoms with Crippen LogP contribution in [0.15, 0.2) is 56.6 Å². The fraction of sp³-hybridized carbons (Fsp3) is 0.273. The smallest absolute Gasteiger partial charge is 0.408 e. The number of halogens is 1. The molecular formula is C22H21ClN4O5S. The van der Waals surface area contributed by atoms with Crippen LogP contribution in [0, 0.1) is 0 Å². The summed E-state index contributed by atoms with van der Waals surface area (Å²) in [6, 6.07) is 11.5. The van der Waals surface area contributed by atoms with E-state index in [4.69, 9.17) is 16.0 Å². The molecule has 3 heterocycles. The molecule has 9 nitrogen and oxygen atoms in total. The van der Waals surface area contributed by atoms with Gasteiger partial charge in [-0.15, -0.1) is 0 Å². The molecule has 11 heteroatoms. The van der Waals surface area contributed by atoms with E-state index in [9.17, 15) is 18.0 Å². The van der Waals surface area contributed by atoms with Crippen LogP contribution < -0.4 is 5.76 Å². The third kappa shape index (κ3) is 3.73. The summed E-state index contributed by atoms with van der Waals surface area (Å²) in [6.45, 7) is 3.09. The highest BCUT2D eigenvalue weighted by Gasteiger charge is 2.31. The van der Waals surface area contributed by atoms with E-state index in [1.54, 1.807) is 29.2 Å². The lowest BCUT2D eigenvalue weighted by molar-refractivity contribution is 0.0693. The quantitative estimate of drug-likeness (QED) is 0.475.